The molecule has 1 N–H and O–H groups in total. The number of carbonyl (C=O) groups is 1. The van der Waals surface area contributed by atoms with Gasteiger partial charge in [0.15, 0.2) is 5.78 Å². The zero-order valence-electron chi connectivity index (χ0n) is 11.1. The summed E-state index contributed by atoms with van der Waals surface area (Å²) in [4.78, 5) is 23.5. The highest BCUT2D eigenvalue weighted by Gasteiger charge is 2.18. The summed E-state index contributed by atoms with van der Waals surface area (Å²) < 4.78 is 0. The number of non-ortho nitro benzene ring substituents is 1. The van der Waals surface area contributed by atoms with Gasteiger partial charge in [-0.1, -0.05) is 30.3 Å². The molecule has 0 radical (unpaired) electrons. The minimum absolute atomic E-state index is 0.0272. The molecule has 0 aliphatic carbocycles. The van der Waals surface area contributed by atoms with Gasteiger partial charge in [0.25, 0.3) is 5.69 Å². The second kappa shape index (κ2) is 7.01. The Balaban J connectivity index is 2.45. The molecule has 2 aromatic rings. The molecule has 0 fully saturated rings. The highest BCUT2D eigenvalue weighted by atomic mass is 32.2. The smallest absolute Gasteiger partial charge is 0.270 e. The van der Waals surface area contributed by atoms with Crippen LogP contribution in [0.5, 0.6) is 0 Å². The van der Waals surface area contributed by atoms with Gasteiger partial charge in [0, 0.05) is 33.9 Å². The van der Waals surface area contributed by atoms with E-state index in [1.807, 2.05) is 0 Å². The van der Waals surface area contributed by atoms with E-state index in [2.05, 4.69) is 0 Å². The van der Waals surface area contributed by atoms with Gasteiger partial charge in [0.05, 0.1) is 11.5 Å². The Hall–Kier alpha value is -2.18. The van der Waals surface area contributed by atoms with E-state index in [1.165, 1.54) is 23.9 Å². The predicted molar refractivity (Wildman–Crippen MR) is 80.8 cm³/mol. The number of carbonyl (C=O) groups excluding carboxylic acids is 1. The van der Waals surface area contributed by atoms with Crippen molar-refractivity contribution in [2.45, 2.75) is 4.90 Å². The van der Waals surface area contributed by atoms with Crippen molar-refractivity contribution in [3.8, 4) is 0 Å². The lowest BCUT2D eigenvalue weighted by Gasteiger charge is -2.08. The number of nitrogens with zero attached hydrogens (tertiary/aromatic N) is 1. The minimum atomic E-state index is -0.526. The van der Waals surface area contributed by atoms with Crippen LogP contribution in [-0.4, -0.2) is 28.2 Å². The summed E-state index contributed by atoms with van der Waals surface area (Å²) in [6.45, 7) is -0.0272. The van der Waals surface area contributed by atoms with Gasteiger partial charge in [-0.25, -0.2) is 0 Å². The zero-order valence-corrected chi connectivity index (χ0v) is 11.9. The van der Waals surface area contributed by atoms with Gasteiger partial charge >= 0.3 is 0 Å². The van der Waals surface area contributed by atoms with E-state index in [1.54, 1.807) is 36.4 Å². The second-order valence-electron chi connectivity index (χ2n) is 4.20. The number of hydrogen-bond acceptors (Lipinski definition) is 5. The van der Waals surface area contributed by atoms with E-state index in [4.69, 9.17) is 5.11 Å². The number of aliphatic hydroxyl groups excluding tert-OH is 1. The highest BCUT2D eigenvalue weighted by Crippen LogP contribution is 2.28. The molecule has 0 aliphatic heterocycles. The highest BCUT2D eigenvalue weighted by molar-refractivity contribution is 7.99. The maximum Gasteiger partial charge on any atom is 0.270 e. The van der Waals surface area contributed by atoms with Gasteiger partial charge in [-0.15, -0.1) is 11.8 Å². The second-order valence-corrected chi connectivity index (χ2v) is 5.34. The lowest BCUT2D eigenvalue weighted by Crippen LogP contribution is -2.04. The average Bonchev–Trinajstić information content (AvgIpc) is 2.52. The number of ketones is 1. The van der Waals surface area contributed by atoms with Crippen LogP contribution in [0.3, 0.4) is 0 Å². The van der Waals surface area contributed by atoms with Crippen molar-refractivity contribution in [3.63, 3.8) is 0 Å². The number of rotatable bonds is 6. The molecule has 0 spiro atoms. The number of thioether (sulfide) groups is 1. The van der Waals surface area contributed by atoms with Crippen LogP contribution in [0.4, 0.5) is 5.69 Å². The summed E-state index contributed by atoms with van der Waals surface area (Å²) >= 11 is 1.30. The summed E-state index contributed by atoms with van der Waals surface area (Å²) in [5.74, 6) is 0.159. The lowest BCUT2D eigenvalue weighted by atomic mass is 10.0. The Morgan fingerprint density at radius 1 is 1.19 bits per heavy atom. The molecule has 0 aromatic heterocycles. The van der Waals surface area contributed by atoms with E-state index < -0.39 is 4.92 Å². The first-order chi connectivity index (χ1) is 10.1. The van der Waals surface area contributed by atoms with E-state index in [-0.39, 0.29) is 23.6 Å². The molecule has 0 aliphatic rings. The molecule has 5 nitrogen and oxygen atoms in total. The van der Waals surface area contributed by atoms with Crippen LogP contribution in [0.25, 0.3) is 0 Å². The Morgan fingerprint density at radius 3 is 2.52 bits per heavy atom. The van der Waals surface area contributed by atoms with Crippen LogP contribution in [0.2, 0.25) is 0 Å². The average molecular weight is 303 g/mol. The molecule has 0 atom stereocenters. The third kappa shape index (κ3) is 3.68. The van der Waals surface area contributed by atoms with Crippen molar-refractivity contribution in [2.75, 3.05) is 12.4 Å². The Morgan fingerprint density at radius 2 is 1.90 bits per heavy atom. The number of nitro benzene ring substituents is 1. The summed E-state index contributed by atoms with van der Waals surface area (Å²) in [7, 11) is 0. The minimum Gasteiger partial charge on any atom is -0.396 e. The first-order valence-corrected chi connectivity index (χ1v) is 7.24. The van der Waals surface area contributed by atoms with Crippen molar-refractivity contribution in [3.05, 3.63) is 69.8 Å². The molecular weight excluding hydrogens is 290 g/mol. The molecule has 6 heteroatoms. The van der Waals surface area contributed by atoms with Crippen LogP contribution in [0.15, 0.2) is 53.4 Å². The van der Waals surface area contributed by atoms with Crippen LogP contribution < -0.4 is 0 Å². The Kier molecular flexibility index (Phi) is 5.08. The van der Waals surface area contributed by atoms with Gasteiger partial charge < -0.3 is 5.11 Å². The number of benzene rings is 2. The van der Waals surface area contributed by atoms with Crippen molar-refractivity contribution >= 4 is 23.2 Å². The molecule has 0 unspecified atom stereocenters. The van der Waals surface area contributed by atoms with Gasteiger partial charge in [-0.05, 0) is 6.07 Å². The summed E-state index contributed by atoms with van der Waals surface area (Å²) in [5.41, 5.74) is 0.639. The topological polar surface area (TPSA) is 80.4 Å². The standard InChI is InChI=1S/C15H13NO4S/c17-8-9-21-14-7-6-12(16(19)20)10-13(14)15(18)11-4-2-1-3-5-11/h1-7,10,17H,8-9H2. The molecule has 2 rings (SSSR count). The van der Waals surface area contributed by atoms with Crippen LogP contribution in [-0.2, 0) is 0 Å². The number of nitro groups is 1. The largest absolute Gasteiger partial charge is 0.396 e. The Bertz CT molecular complexity index is 658. The molecule has 2 aromatic carbocycles. The Labute approximate surface area is 125 Å². The molecule has 0 bridgehead atoms. The van der Waals surface area contributed by atoms with Crippen LogP contribution in [0, 0.1) is 10.1 Å². The van der Waals surface area contributed by atoms with Gasteiger partial charge in [0.1, 0.15) is 0 Å². The first kappa shape index (κ1) is 15.2. The predicted octanol–water partition coefficient (Wildman–Crippen LogP) is 2.91. The SMILES string of the molecule is O=C(c1ccccc1)c1cc([N+](=O)[O-])ccc1SCCO. The molecule has 0 heterocycles. The van der Waals surface area contributed by atoms with Crippen LogP contribution in [0.1, 0.15) is 15.9 Å². The van der Waals surface area contributed by atoms with Crippen molar-refractivity contribution < 1.29 is 14.8 Å². The van der Waals surface area contributed by atoms with Gasteiger partial charge in [-0.3, -0.25) is 14.9 Å². The van der Waals surface area contributed by atoms with Crippen molar-refractivity contribution in [1.29, 1.82) is 0 Å². The normalized spacial score (nSPS) is 10.3. The molecule has 21 heavy (non-hydrogen) atoms. The van der Waals surface area contributed by atoms with E-state index in [0.29, 0.717) is 16.2 Å². The third-order valence-corrected chi connectivity index (χ3v) is 3.86. The monoisotopic (exact) mass is 303 g/mol. The fourth-order valence-corrected chi connectivity index (χ4v) is 2.62. The maximum atomic E-state index is 12.5. The summed E-state index contributed by atoms with van der Waals surface area (Å²) in [6, 6.07) is 12.8. The zero-order chi connectivity index (χ0) is 15.2. The fraction of sp³-hybridized carbons (Fsp3) is 0.133. The lowest BCUT2D eigenvalue weighted by molar-refractivity contribution is -0.384. The molecule has 0 saturated heterocycles. The van der Waals surface area contributed by atoms with Gasteiger partial charge in [-0.2, -0.15) is 0 Å². The van der Waals surface area contributed by atoms with Crippen LogP contribution >= 0.6 is 11.8 Å². The van der Waals surface area contributed by atoms with E-state index in [9.17, 15) is 14.9 Å². The third-order valence-electron chi connectivity index (χ3n) is 2.80. The van der Waals surface area contributed by atoms with E-state index in [0.717, 1.165) is 0 Å². The number of aliphatic hydroxyl groups is 1. The molecule has 0 amide bonds. The quantitative estimate of drug-likeness (QED) is 0.384. The van der Waals surface area contributed by atoms with Gasteiger partial charge in [0.2, 0.25) is 0 Å². The summed E-state index contributed by atoms with van der Waals surface area (Å²) in [5, 5.41) is 19.8. The molecule has 0 saturated carbocycles. The summed E-state index contributed by atoms with van der Waals surface area (Å²) in [6.07, 6.45) is 0. The van der Waals surface area contributed by atoms with Crippen molar-refractivity contribution in [2.24, 2.45) is 0 Å². The first-order valence-electron chi connectivity index (χ1n) is 6.25. The fourth-order valence-electron chi connectivity index (χ4n) is 1.84. The van der Waals surface area contributed by atoms with E-state index >= 15 is 0 Å². The van der Waals surface area contributed by atoms with Crippen molar-refractivity contribution in [1.82, 2.24) is 0 Å². The molecule has 108 valence electrons. The molecular formula is C15H13NO4S. The number of hydrogen-bond donors (Lipinski definition) is 1. The maximum absolute atomic E-state index is 12.5.